The number of likely N-dealkylation sites (N-methyl/N-ethyl adjacent to an activating group) is 1. The van der Waals surface area contributed by atoms with Gasteiger partial charge in [0.2, 0.25) is 0 Å². The van der Waals surface area contributed by atoms with Crippen molar-refractivity contribution in [2.45, 2.75) is 32.6 Å². The third-order valence-corrected chi connectivity index (χ3v) is 2.72. The van der Waals surface area contributed by atoms with Crippen molar-refractivity contribution >= 4 is 6.03 Å². The largest absolute Gasteiger partial charge is 0.338 e. The highest BCUT2D eigenvalue weighted by Gasteiger charge is 2.07. The van der Waals surface area contributed by atoms with E-state index < -0.39 is 0 Å². The van der Waals surface area contributed by atoms with Gasteiger partial charge in [-0.3, -0.25) is 9.97 Å². The fourth-order valence-electron chi connectivity index (χ4n) is 1.55. The van der Waals surface area contributed by atoms with Gasteiger partial charge in [0.05, 0.1) is 5.69 Å². The van der Waals surface area contributed by atoms with Gasteiger partial charge in [0, 0.05) is 45.1 Å². The minimum absolute atomic E-state index is 0.0185. The lowest BCUT2D eigenvalue weighted by molar-refractivity contribution is 0.209. The molecular weight excluding hydrogens is 228 g/mol. The monoisotopic (exact) mass is 250 g/mol. The molecule has 1 heterocycles. The zero-order valence-electron chi connectivity index (χ0n) is 11.2. The van der Waals surface area contributed by atoms with Crippen LogP contribution in [0.2, 0.25) is 0 Å². The predicted molar refractivity (Wildman–Crippen MR) is 71.3 cm³/mol. The lowest BCUT2D eigenvalue weighted by Crippen LogP contribution is -2.38. The lowest BCUT2D eigenvalue weighted by Gasteiger charge is -2.17. The summed E-state index contributed by atoms with van der Waals surface area (Å²) in [6, 6.07) is -0.0185. The van der Waals surface area contributed by atoms with Crippen LogP contribution in [0, 0.1) is 0 Å². The highest BCUT2D eigenvalue weighted by molar-refractivity contribution is 5.73. The predicted octanol–water partition coefficient (Wildman–Crippen LogP) is 1.85. The molecule has 0 aliphatic carbocycles. The number of carbonyl (C=O) groups excluding carboxylic acids is 1. The molecule has 0 unspecified atom stereocenters. The summed E-state index contributed by atoms with van der Waals surface area (Å²) in [5.41, 5.74) is 0.906. The van der Waals surface area contributed by atoms with E-state index in [1.54, 1.807) is 30.5 Å². The molecule has 1 rings (SSSR count). The number of aromatic nitrogens is 2. The number of carbonyl (C=O) groups is 1. The van der Waals surface area contributed by atoms with Crippen LogP contribution in [-0.2, 0) is 6.42 Å². The number of unbranched alkanes of at least 4 members (excludes halogenated alkanes) is 2. The van der Waals surface area contributed by atoms with Crippen molar-refractivity contribution in [3.63, 3.8) is 0 Å². The zero-order valence-corrected chi connectivity index (χ0v) is 11.2. The van der Waals surface area contributed by atoms with Crippen molar-refractivity contribution in [1.29, 1.82) is 0 Å². The third-order valence-electron chi connectivity index (χ3n) is 2.72. The normalized spacial score (nSPS) is 10.1. The molecule has 0 radical (unpaired) electrons. The summed E-state index contributed by atoms with van der Waals surface area (Å²) in [4.78, 5) is 21.6. The molecule has 0 atom stereocenters. The maximum atomic E-state index is 11.7. The van der Waals surface area contributed by atoms with Crippen LogP contribution in [0.1, 0.15) is 31.9 Å². The molecule has 0 aliphatic rings. The first kappa shape index (κ1) is 14.4. The summed E-state index contributed by atoms with van der Waals surface area (Å²) in [6.07, 6.45) is 9.13. The first-order valence-electron chi connectivity index (χ1n) is 6.48. The van der Waals surface area contributed by atoms with E-state index in [4.69, 9.17) is 0 Å². The molecule has 2 amide bonds. The van der Waals surface area contributed by atoms with Crippen molar-refractivity contribution in [3.8, 4) is 0 Å². The fourth-order valence-corrected chi connectivity index (χ4v) is 1.55. The van der Waals surface area contributed by atoms with Crippen LogP contribution in [0.25, 0.3) is 0 Å². The number of amides is 2. The molecule has 1 aromatic rings. The number of nitrogens with zero attached hydrogens (tertiary/aromatic N) is 3. The van der Waals surface area contributed by atoms with Crippen LogP contribution in [0.5, 0.6) is 0 Å². The average Bonchev–Trinajstić information content (AvgIpc) is 2.42. The van der Waals surface area contributed by atoms with Crippen molar-refractivity contribution in [3.05, 3.63) is 24.3 Å². The molecule has 0 bridgehead atoms. The molecule has 0 aliphatic heterocycles. The molecule has 0 saturated carbocycles. The summed E-state index contributed by atoms with van der Waals surface area (Å²) in [7, 11) is 1.80. The zero-order chi connectivity index (χ0) is 13.2. The second-order valence-electron chi connectivity index (χ2n) is 4.31. The van der Waals surface area contributed by atoms with Gasteiger partial charge in [-0.2, -0.15) is 0 Å². The molecule has 1 aromatic heterocycles. The van der Waals surface area contributed by atoms with Crippen molar-refractivity contribution in [2.24, 2.45) is 0 Å². The van der Waals surface area contributed by atoms with E-state index >= 15 is 0 Å². The van der Waals surface area contributed by atoms with Crippen LogP contribution >= 0.6 is 0 Å². The molecule has 5 nitrogen and oxygen atoms in total. The second-order valence-corrected chi connectivity index (χ2v) is 4.31. The van der Waals surface area contributed by atoms with E-state index in [9.17, 15) is 4.79 Å². The minimum Gasteiger partial charge on any atom is -0.338 e. The fraction of sp³-hybridized carbons (Fsp3) is 0.615. The average molecular weight is 250 g/mol. The van der Waals surface area contributed by atoms with Gasteiger partial charge in [0.1, 0.15) is 0 Å². The topological polar surface area (TPSA) is 58.1 Å². The summed E-state index contributed by atoms with van der Waals surface area (Å²) < 4.78 is 0. The standard InChI is InChI=1S/C13H22N4O/c1-3-4-5-7-16-13(18)17(2)10-6-12-11-14-8-9-15-12/h8-9,11H,3-7,10H2,1-2H3,(H,16,18). The molecule has 1 N–H and O–H groups in total. The number of rotatable bonds is 7. The maximum absolute atomic E-state index is 11.7. The van der Waals surface area contributed by atoms with E-state index in [1.807, 2.05) is 0 Å². The smallest absolute Gasteiger partial charge is 0.317 e. The van der Waals surface area contributed by atoms with E-state index in [0.717, 1.165) is 31.5 Å². The van der Waals surface area contributed by atoms with Crippen LogP contribution < -0.4 is 5.32 Å². The highest BCUT2D eigenvalue weighted by atomic mass is 16.2. The van der Waals surface area contributed by atoms with Crippen LogP contribution in [0.15, 0.2) is 18.6 Å². The second kappa shape index (κ2) is 8.44. The van der Waals surface area contributed by atoms with Crippen molar-refractivity contribution in [2.75, 3.05) is 20.1 Å². The molecule has 5 heteroatoms. The molecule has 0 spiro atoms. The van der Waals surface area contributed by atoms with Crippen LogP contribution in [-0.4, -0.2) is 41.0 Å². The summed E-state index contributed by atoms with van der Waals surface area (Å²) in [5.74, 6) is 0. The number of hydrogen-bond acceptors (Lipinski definition) is 3. The molecule has 0 fully saturated rings. The number of urea groups is 1. The molecule has 0 saturated heterocycles. The van der Waals surface area contributed by atoms with Gasteiger partial charge in [-0.25, -0.2) is 4.79 Å². The molecule has 18 heavy (non-hydrogen) atoms. The van der Waals surface area contributed by atoms with Gasteiger partial charge in [0.15, 0.2) is 0 Å². The first-order chi connectivity index (χ1) is 8.74. The summed E-state index contributed by atoms with van der Waals surface area (Å²) in [6.45, 7) is 3.55. The first-order valence-corrected chi connectivity index (χ1v) is 6.48. The SMILES string of the molecule is CCCCCNC(=O)N(C)CCc1cnccn1. The van der Waals surface area contributed by atoms with Gasteiger partial charge in [0.25, 0.3) is 0 Å². The molecular formula is C13H22N4O. The van der Waals surface area contributed by atoms with Gasteiger partial charge in [-0.05, 0) is 6.42 Å². The Morgan fingerprint density at radius 1 is 1.39 bits per heavy atom. The van der Waals surface area contributed by atoms with Crippen LogP contribution in [0.4, 0.5) is 4.79 Å². The Morgan fingerprint density at radius 3 is 2.89 bits per heavy atom. The Morgan fingerprint density at radius 2 is 2.22 bits per heavy atom. The van der Waals surface area contributed by atoms with E-state index in [1.165, 1.54) is 6.42 Å². The van der Waals surface area contributed by atoms with Gasteiger partial charge in [-0.1, -0.05) is 19.8 Å². The summed E-state index contributed by atoms with van der Waals surface area (Å²) in [5, 5.41) is 2.90. The third kappa shape index (κ3) is 5.61. The molecule has 0 aromatic carbocycles. The maximum Gasteiger partial charge on any atom is 0.317 e. The van der Waals surface area contributed by atoms with Gasteiger partial charge in [-0.15, -0.1) is 0 Å². The van der Waals surface area contributed by atoms with E-state index in [2.05, 4.69) is 22.2 Å². The number of hydrogen-bond donors (Lipinski definition) is 1. The summed E-state index contributed by atoms with van der Waals surface area (Å²) >= 11 is 0. The van der Waals surface area contributed by atoms with Crippen LogP contribution in [0.3, 0.4) is 0 Å². The Bertz CT molecular complexity index is 342. The van der Waals surface area contributed by atoms with Crippen molar-refractivity contribution < 1.29 is 4.79 Å². The highest BCUT2D eigenvalue weighted by Crippen LogP contribution is 1.96. The number of nitrogens with one attached hydrogen (secondary N) is 1. The van der Waals surface area contributed by atoms with E-state index in [-0.39, 0.29) is 6.03 Å². The quantitative estimate of drug-likeness (QED) is 0.751. The Kier molecular flexibility index (Phi) is 6.76. The van der Waals surface area contributed by atoms with Gasteiger partial charge >= 0.3 is 6.03 Å². The van der Waals surface area contributed by atoms with Gasteiger partial charge < -0.3 is 10.2 Å². The Labute approximate surface area is 109 Å². The lowest BCUT2D eigenvalue weighted by atomic mass is 10.2. The Balaban J connectivity index is 2.19. The van der Waals surface area contributed by atoms with E-state index in [0.29, 0.717) is 6.54 Å². The minimum atomic E-state index is -0.0185. The van der Waals surface area contributed by atoms with Crippen molar-refractivity contribution in [1.82, 2.24) is 20.2 Å². The molecule has 100 valence electrons. The Hall–Kier alpha value is -1.65.